The van der Waals surface area contributed by atoms with Gasteiger partial charge in [0, 0.05) is 23.2 Å². The summed E-state index contributed by atoms with van der Waals surface area (Å²) in [6.45, 7) is 4.43. The first kappa shape index (κ1) is 14.9. The minimum Gasteiger partial charge on any atom is -0.322 e. The summed E-state index contributed by atoms with van der Waals surface area (Å²) in [5.41, 5.74) is 8.82. The average molecular weight is 271 g/mol. The van der Waals surface area contributed by atoms with Gasteiger partial charge in [-0.25, -0.2) is 0 Å². The first-order valence-corrected chi connectivity index (χ1v) is 7.33. The van der Waals surface area contributed by atoms with Crippen molar-refractivity contribution in [3.05, 3.63) is 42.1 Å². The number of nitrogens with zero attached hydrogens (tertiary/aromatic N) is 2. The van der Waals surface area contributed by atoms with Crippen LogP contribution >= 0.6 is 0 Å². The van der Waals surface area contributed by atoms with Gasteiger partial charge in [-0.2, -0.15) is 0 Å². The monoisotopic (exact) mass is 271 g/mol. The maximum absolute atomic E-state index is 6.63. The van der Waals surface area contributed by atoms with Crippen LogP contribution < -0.4 is 5.73 Å². The van der Waals surface area contributed by atoms with Crippen LogP contribution in [-0.4, -0.2) is 29.5 Å². The highest BCUT2D eigenvalue weighted by Gasteiger charge is 2.36. The zero-order chi connectivity index (χ0) is 14.8. The molecule has 1 atom stereocenters. The first-order valence-electron chi connectivity index (χ1n) is 7.33. The van der Waals surface area contributed by atoms with Crippen LogP contribution in [0, 0.1) is 0 Å². The molecule has 2 rings (SSSR count). The van der Waals surface area contributed by atoms with Crippen molar-refractivity contribution in [3.63, 3.8) is 0 Å². The second kappa shape index (κ2) is 5.90. The Hall–Kier alpha value is -1.45. The molecule has 0 aliphatic carbocycles. The Bertz CT molecular complexity index is 573. The molecule has 20 heavy (non-hydrogen) atoms. The SMILES string of the molecule is CCC(CC)(C(N)c1ccc2ncccc2c1)N(C)C. The van der Waals surface area contributed by atoms with Crippen molar-refractivity contribution >= 4 is 10.9 Å². The Kier molecular flexibility index (Phi) is 4.41. The van der Waals surface area contributed by atoms with Crippen LogP contribution in [0.15, 0.2) is 36.5 Å². The fraction of sp³-hybridized carbons (Fsp3) is 0.471. The topological polar surface area (TPSA) is 42.1 Å². The number of fused-ring (bicyclic) bond motifs is 1. The maximum atomic E-state index is 6.63. The van der Waals surface area contributed by atoms with Gasteiger partial charge in [0.2, 0.25) is 0 Å². The van der Waals surface area contributed by atoms with Gasteiger partial charge in [-0.15, -0.1) is 0 Å². The van der Waals surface area contributed by atoms with E-state index >= 15 is 0 Å². The molecule has 2 aromatic rings. The van der Waals surface area contributed by atoms with Crippen molar-refractivity contribution in [1.82, 2.24) is 9.88 Å². The smallest absolute Gasteiger partial charge is 0.0702 e. The minimum atomic E-state index is -0.00408. The molecule has 3 heteroatoms. The van der Waals surface area contributed by atoms with Crippen LogP contribution in [0.5, 0.6) is 0 Å². The molecule has 0 amide bonds. The number of pyridine rings is 1. The molecular weight excluding hydrogens is 246 g/mol. The van der Waals surface area contributed by atoms with Gasteiger partial charge in [-0.05, 0) is 50.7 Å². The third-order valence-corrected chi connectivity index (χ3v) is 4.68. The molecular formula is C17H25N3. The summed E-state index contributed by atoms with van der Waals surface area (Å²) in [6, 6.07) is 10.4. The number of benzene rings is 1. The van der Waals surface area contributed by atoms with Crippen LogP contribution in [0.25, 0.3) is 10.9 Å². The molecule has 0 aliphatic rings. The van der Waals surface area contributed by atoms with E-state index in [0.29, 0.717) is 0 Å². The van der Waals surface area contributed by atoms with Crippen LogP contribution in [0.1, 0.15) is 38.3 Å². The Morgan fingerprint density at radius 2 is 1.90 bits per heavy atom. The third-order valence-electron chi connectivity index (χ3n) is 4.68. The van der Waals surface area contributed by atoms with Gasteiger partial charge < -0.3 is 10.6 Å². The van der Waals surface area contributed by atoms with E-state index in [1.54, 1.807) is 0 Å². The number of hydrogen-bond acceptors (Lipinski definition) is 3. The predicted octanol–water partition coefficient (Wildman–Crippen LogP) is 3.36. The summed E-state index contributed by atoms with van der Waals surface area (Å²) >= 11 is 0. The molecule has 0 fully saturated rings. The van der Waals surface area contributed by atoms with Gasteiger partial charge in [0.05, 0.1) is 5.52 Å². The number of likely N-dealkylation sites (N-methyl/N-ethyl adjacent to an activating group) is 1. The van der Waals surface area contributed by atoms with E-state index in [9.17, 15) is 0 Å². The molecule has 1 heterocycles. The summed E-state index contributed by atoms with van der Waals surface area (Å²) in [5.74, 6) is 0. The molecule has 108 valence electrons. The predicted molar refractivity (Wildman–Crippen MR) is 85.7 cm³/mol. The zero-order valence-electron chi connectivity index (χ0n) is 12.9. The van der Waals surface area contributed by atoms with Gasteiger partial charge in [-0.1, -0.05) is 26.0 Å². The fourth-order valence-corrected chi connectivity index (χ4v) is 3.20. The molecule has 2 N–H and O–H groups in total. The minimum absolute atomic E-state index is 0.00268. The van der Waals surface area contributed by atoms with Crippen LogP contribution in [0.3, 0.4) is 0 Å². The van der Waals surface area contributed by atoms with Gasteiger partial charge in [0.25, 0.3) is 0 Å². The van der Waals surface area contributed by atoms with E-state index in [0.717, 1.165) is 23.7 Å². The number of hydrogen-bond donors (Lipinski definition) is 1. The molecule has 0 bridgehead atoms. The van der Waals surface area contributed by atoms with Crippen LogP contribution in [0.2, 0.25) is 0 Å². The van der Waals surface area contributed by atoms with E-state index in [-0.39, 0.29) is 11.6 Å². The average Bonchev–Trinajstić information content (AvgIpc) is 2.48. The van der Waals surface area contributed by atoms with Crippen LogP contribution in [-0.2, 0) is 0 Å². The normalized spacial score (nSPS) is 13.9. The van der Waals surface area contributed by atoms with Crippen LogP contribution in [0.4, 0.5) is 0 Å². The number of aromatic nitrogens is 1. The van der Waals surface area contributed by atoms with Crippen molar-refractivity contribution in [3.8, 4) is 0 Å². The summed E-state index contributed by atoms with van der Waals surface area (Å²) in [7, 11) is 4.24. The first-order chi connectivity index (χ1) is 9.55. The lowest BCUT2D eigenvalue weighted by atomic mass is 9.80. The largest absolute Gasteiger partial charge is 0.322 e. The molecule has 0 aliphatic heterocycles. The van der Waals surface area contributed by atoms with Crippen molar-refractivity contribution in [1.29, 1.82) is 0 Å². The second-order valence-corrected chi connectivity index (χ2v) is 5.64. The van der Waals surface area contributed by atoms with Crippen molar-refractivity contribution in [2.75, 3.05) is 14.1 Å². The standard InChI is InChI=1S/C17H25N3/c1-5-17(6-2,20(3)4)16(18)14-9-10-15-13(12-14)8-7-11-19-15/h7-12,16H,5-6,18H2,1-4H3. The molecule has 1 unspecified atom stereocenters. The van der Waals surface area contributed by atoms with E-state index in [1.165, 1.54) is 5.56 Å². The van der Waals surface area contributed by atoms with Crippen molar-refractivity contribution < 1.29 is 0 Å². The second-order valence-electron chi connectivity index (χ2n) is 5.64. The number of rotatable bonds is 5. The lowest BCUT2D eigenvalue weighted by Crippen LogP contribution is -2.51. The Labute approximate surface area is 121 Å². The Morgan fingerprint density at radius 3 is 2.50 bits per heavy atom. The third kappa shape index (κ3) is 2.43. The lowest BCUT2D eigenvalue weighted by Gasteiger charge is -2.43. The molecule has 0 saturated carbocycles. The maximum Gasteiger partial charge on any atom is 0.0702 e. The van der Waals surface area contributed by atoms with E-state index in [4.69, 9.17) is 5.73 Å². The highest BCUT2D eigenvalue weighted by molar-refractivity contribution is 5.79. The quantitative estimate of drug-likeness (QED) is 0.906. The summed E-state index contributed by atoms with van der Waals surface area (Å²) in [5, 5.41) is 1.15. The molecule has 3 nitrogen and oxygen atoms in total. The molecule has 0 spiro atoms. The van der Waals surface area contributed by atoms with Gasteiger partial charge >= 0.3 is 0 Å². The summed E-state index contributed by atoms with van der Waals surface area (Å²) in [4.78, 5) is 6.64. The number of nitrogens with two attached hydrogens (primary N) is 1. The fourth-order valence-electron chi connectivity index (χ4n) is 3.20. The van der Waals surface area contributed by atoms with E-state index < -0.39 is 0 Å². The van der Waals surface area contributed by atoms with Crippen molar-refractivity contribution in [2.24, 2.45) is 5.73 Å². The van der Waals surface area contributed by atoms with Gasteiger partial charge in [0.1, 0.15) is 0 Å². The van der Waals surface area contributed by atoms with E-state index in [1.807, 2.05) is 12.3 Å². The molecule has 0 saturated heterocycles. The van der Waals surface area contributed by atoms with Gasteiger partial charge in [0.15, 0.2) is 0 Å². The molecule has 1 aromatic carbocycles. The van der Waals surface area contributed by atoms with Crippen molar-refractivity contribution in [2.45, 2.75) is 38.3 Å². The van der Waals surface area contributed by atoms with Gasteiger partial charge in [-0.3, -0.25) is 4.98 Å². The summed E-state index contributed by atoms with van der Waals surface area (Å²) in [6.07, 6.45) is 3.88. The Balaban J connectivity index is 2.46. The summed E-state index contributed by atoms with van der Waals surface area (Å²) < 4.78 is 0. The highest BCUT2D eigenvalue weighted by atomic mass is 15.2. The molecule has 0 radical (unpaired) electrons. The molecule has 1 aromatic heterocycles. The highest BCUT2D eigenvalue weighted by Crippen LogP contribution is 2.34. The lowest BCUT2D eigenvalue weighted by molar-refractivity contribution is 0.106. The Morgan fingerprint density at radius 1 is 1.20 bits per heavy atom. The van der Waals surface area contributed by atoms with E-state index in [2.05, 4.69) is 62.1 Å². The zero-order valence-corrected chi connectivity index (χ0v) is 12.9.